The topological polar surface area (TPSA) is 53.5 Å². The molecular weight excluding hydrogens is 781 g/mol. The minimum Gasteiger partial charge on any atom is -0.309 e. The predicted molar refractivity (Wildman–Crippen MR) is 264 cm³/mol. The Balaban J connectivity index is 1.04. The van der Waals surface area contributed by atoms with Crippen LogP contribution in [0.5, 0.6) is 0 Å². The molecule has 0 saturated heterocycles. The quantitative estimate of drug-likeness (QED) is 0.168. The summed E-state index contributed by atoms with van der Waals surface area (Å²) in [5, 5.41) is 7.27. The van der Waals surface area contributed by atoms with Crippen LogP contribution in [0.2, 0.25) is 0 Å². The van der Waals surface area contributed by atoms with E-state index in [9.17, 15) is 0 Å². The van der Waals surface area contributed by atoms with Gasteiger partial charge in [-0.2, -0.15) is 0 Å². The molecule has 302 valence electrons. The summed E-state index contributed by atoms with van der Waals surface area (Å²) in [6.07, 6.45) is 8.63. The summed E-state index contributed by atoms with van der Waals surface area (Å²) in [6.45, 7) is 2.22. The van der Waals surface area contributed by atoms with E-state index in [1.807, 2.05) is 18.2 Å². The summed E-state index contributed by atoms with van der Waals surface area (Å²) in [7, 11) is 0. The number of fused-ring (bicyclic) bond motifs is 10. The van der Waals surface area contributed by atoms with Gasteiger partial charge in [0.15, 0.2) is 11.6 Å². The molecule has 8 aromatic carbocycles. The van der Waals surface area contributed by atoms with Gasteiger partial charge in [-0.15, -0.1) is 0 Å². The summed E-state index contributed by atoms with van der Waals surface area (Å²) in [6, 6.07) is 67.5. The summed E-state index contributed by atoms with van der Waals surface area (Å²) in [5.41, 5.74) is 12.2. The van der Waals surface area contributed by atoms with E-state index in [-0.39, 0.29) is 11.8 Å². The Hall–Kier alpha value is -8.35. The maximum absolute atomic E-state index is 5.22. The number of rotatable bonds is 6. The molecular formula is C58H40N6. The normalized spacial score (nSPS) is 15.1. The second-order valence-corrected chi connectivity index (χ2v) is 16.9. The fraction of sp³-hybridized carbons (Fsp3) is 0.0517. The predicted octanol–water partition coefficient (Wildman–Crippen LogP) is 14.3. The molecule has 6 nitrogen and oxygen atoms in total. The third-order valence-electron chi connectivity index (χ3n) is 13.2. The van der Waals surface area contributed by atoms with E-state index >= 15 is 0 Å². The molecule has 6 heteroatoms. The number of para-hydroxylation sites is 4. The smallest absolute Gasteiger partial charge is 0.163 e. The molecule has 12 aromatic rings. The van der Waals surface area contributed by atoms with E-state index in [0.717, 1.165) is 50.6 Å². The highest BCUT2D eigenvalue weighted by molar-refractivity contribution is 6.26. The van der Waals surface area contributed by atoms with Crippen molar-refractivity contribution < 1.29 is 0 Å². The van der Waals surface area contributed by atoms with Crippen molar-refractivity contribution in [2.45, 2.75) is 12.8 Å². The van der Waals surface area contributed by atoms with Crippen LogP contribution in [0.25, 0.3) is 105 Å². The Labute approximate surface area is 369 Å². The van der Waals surface area contributed by atoms with Crippen LogP contribution < -0.4 is 0 Å². The van der Waals surface area contributed by atoms with Crippen LogP contribution >= 0.6 is 0 Å². The molecule has 2 unspecified atom stereocenters. The molecule has 4 heterocycles. The molecule has 0 aliphatic heterocycles. The van der Waals surface area contributed by atoms with Crippen LogP contribution in [-0.4, -0.2) is 28.7 Å². The van der Waals surface area contributed by atoms with Crippen molar-refractivity contribution in [2.75, 3.05) is 0 Å². The maximum Gasteiger partial charge on any atom is 0.163 e. The molecule has 1 aliphatic rings. The van der Waals surface area contributed by atoms with Gasteiger partial charge in [-0.25, -0.2) is 15.0 Å². The van der Waals surface area contributed by atoms with Gasteiger partial charge in [-0.05, 0) is 72.6 Å². The van der Waals surface area contributed by atoms with Crippen molar-refractivity contribution in [1.82, 2.24) is 28.7 Å². The molecule has 0 N–H and O–H groups in total. The molecule has 0 radical (unpaired) electrons. The molecule has 0 amide bonds. The van der Waals surface area contributed by atoms with Gasteiger partial charge in [0.1, 0.15) is 5.82 Å². The van der Waals surface area contributed by atoms with E-state index in [1.54, 1.807) is 0 Å². The summed E-state index contributed by atoms with van der Waals surface area (Å²) >= 11 is 0. The van der Waals surface area contributed by atoms with Gasteiger partial charge in [-0.3, -0.25) is 0 Å². The lowest BCUT2D eigenvalue weighted by Gasteiger charge is -2.20. The summed E-state index contributed by atoms with van der Waals surface area (Å²) in [4.78, 5) is 15.4. The first-order valence-electron chi connectivity index (χ1n) is 22.0. The Morgan fingerprint density at radius 1 is 0.375 bits per heavy atom. The van der Waals surface area contributed by atoms with Crippen molar-refractivity contribution in [2.24, 2.45) is 5.92 Å². The van der Waals surface area contributed by atoms with Crippen LogP contribution in [0.4, 0.5) is 0 Å². The Morgan fingerprint density at radius 3 is 1.69 bits per heavy atom. The first-order valence-corrected chi connectivity index (χ1v) is 22.0. The number of aromatic nitrogens is 6. The van der Waals surface area contributed by atoms with Crippen LogP contribution in [0.15, 0.2) is 212 Å². The maximum atomic E-state index is 5.22. The van der Waals surface area contributed by atoms with Crippen LogP contribution in [0, 0.1) is 5.92 Å². The third kappa shape index (κ3) is 5.55. The molecule has 4 aromatic heterocycles. The van der Waals surface area contributed by atoms with Crippen molar-refractivity contribution in [3.05, 3.63) is 218 Å². The van der Waals surface area contributed by atoms with Gasteiger partial charge in [-0.1, -0.05) is 153 Å². The highest BCUT2D eigenvalue weighted by Gasteiger charge is 2.24. The first-order chi connectivity index (χ1) is 31.7. The van der Waals surface area contributed by atoms with Crippen LogP contribution in [-0.2, 0) is 0 Å². The average molecular weight is 821 g/mol. The first kappa shape index (κ1) is 36.3. The van der Waals surface area contributed by atoms with Crippen molar-refractivity contribution in [1.29, 1.82) is 0 Å². The molecule has 64 heavy (non-hydrogen) atoms. The van der Waals surface area contributed by atoms with Crippen molar-refractivity contribution >= 4 is 65.4 Å². The largest absolute Gasteiger partial charge is 0.309 e. The van der Waals surface area contributed by atoms with Crippen LogP contribution in [0.3, 0.4) is 0 Å². The fourth-order valence-electron chi connectivity index (χ4n) is 10.2. The van der Waals surface area contributed by atoms with E-state index in [0.29, 0.717) is 11.6 Å². The summed E-state index contributed by atoms with van der Waals surface area (Å²) in [5.74, 6) is 2.41. The van der Waals surface area contributed by atoms with E-state index in [1.165, 1.54) is 48.9 Å². The van der Waals surface area contributed by atoms with E-state index in [4.69, 9.17) is 15.0 Å². The van der Waals surface area contributed by atoms with Crippen molar-refractivity contribution in [3.63, 3.8) is 0 Å². The lowest BCUT2D eigenvalue weighted by atomic mass is 9.89. The third-order valence-corrected chi connectivity index (χ3v) is 13.2. The molecule has 0 bridgehead atoms. The number of nitrogens with zero attached hydrogens (tertiary/aromatic N) is 6. The average Bonchev–Trinajstić information content (AvgIpc) is 4.00. The Morgan fingerprint density at radius 2 is 0.922 bits per heavy atom. The molecule has 0 spiro atoms. The second kappa shape index (κ2) is 14.4. The van der Waals surface area contributed by atoms with Gasteiger partial charge < -0.3 is 13.7 Å². The highest BCUT2D eigenvalue weighted by atomic mass is 15.0. The minimum absolute atomic E-state index is 0.0450. The van der Waals surface area contributed by atoms with Gasteiger partial charge in [0.05, 0.1) is 33.1 Å². The molecule has 1 aliphatic carbocycles. The fourth-order valence-corrected chi connectivity index (χ4v) is 10.2. The molecule has 2 atom stereocenters. The number of hydrogen-bond acceptors (Lipinski definition) is 3. The van der Waals surface area contributed by atoms with Gasteiger partial charge >= 0.3 is 0 Å². The number of benzene rings is 8. The highest BCUT2D eigenvalue weighted by Crippen LogP contribution is 2.43. The SMILES string of the molecule is CC1C=CC=CC1c1nc(-c2ccccc2)nc(-c2cccc(-n3c4ccccc4c4ccc5c(c6ccccc6n5-c5ccc6c(c5)c5ccccc5n6-c5ccccc5)c43)c2)n1. The Kier molecular flexibility index (Phi) is 8.15. The van der Waals surface area contributed by atoms with Crippen molar-refractivity contribution in [3.8, 4) is 39.8 Å². The van der Waals surface area contributed by atoms with E-state index in [2.05, 4.69) is 215 Å². The lowest BCUT2D eigenvalue weighted by molar-refractivity contribution is 0.600. The van der Waals surface area contributed by atoms with Gasteiger partial charge in [0.25, 0.3) is 0 Å². The zero-order valence-corrected chi connectivity index (χ0v) is 35.0. The van der Waals surface area contributed by atoms with Crippen LogP contribution in [0.1, 0.15) is 18.7 Å². The number of hydrogen-bond donors (Lipinski definition) is 0. The van der Waals surface area contributed by atoms with Gasteiger partial charge in [0, 0.05) is 66.4 Å². The zero-order chi connectivity index (χ0) is 42.3. The van der Waals surface area contributed by atoms with Gasteiger partial charge in [0.2, 0.25) is 0 Å². The van der Waals surface area contributed by atoms with E-state index < -0.39 is 0 Å². The molecule has 13 rings (SSSR count). The minimum atomic E-state index is 0.0450. The molecule has 0 saturated carbocycles. The lowest BCUT2D eigenvalue weighted by Crippen LogP contribution is -2.13. The molecule has 0 fully saturated rings. The second-order valence-electron chi connectivity index (χ2n) is 16.9. The standard InChI is InChI=1S/C58H40N6/c1-37-17-8-9-24-43(37)58-60-56(38-18-4-2-5-19-38)59-57(61-58)39-20-16-23-41(35-39)64-50-29-14-10-25-44(50)46-32-34-53-54(55(46)64)47-27-12-15-30-51(47)63(53)42-31-33-52-48(36-42)45-26-11-13-28-49(45)62(52)40-21-6-3-7-22-40/h2-37,43H,1H3. The zero-order valence-electron chi connectivity index (χ0n) is 35.0. The number of allylic oxidation sites excluding steroid dienone is 4. The Bertz CT molecular complexity index is 3870. The summed E-state index contributed by atoms with van der Waals surface area (Å²) < 4.78 is 7.27. The monoisotopic (exact) mass is 820 g/mol.